The topological polar surface area (TPSA) is 31.2 Å². The number of Topliss-reactive ketones (excluding diaryl/α,β-unsaturated/α-hetero) is 1. The normalized spacial score (nSPS) is 19.6. The van der Waals surface area contributed by atoms with Gasteiger partial charge in [0.1, 0.15) is 11.5 Å². The van der Waals surface area contributed by atoms with Crippen LogP contribution in [0.15, 0.2) is 66.1 Å². The first-order valence-electron chi connectivity index (χ1n) is 8.81. The fourth-order valence-corrected chi connectivity index (χ4v) is 4.29. The van der Waals surface area contributed by atoms with E-state index in [1.807, 2.05) is 18.2 Å². The first-order valence-corrected chi connectivity index (χ1v) is 8.81. The van der Waals surface area contributed by atoms with E-state index in [2.05, 4.69) is 48.1 Å². The molecule has 1 aromatic heterocycles. The first kappa shape index (κ1) is 14.5. The molecule has 0 spiro atoms. The molecular weight excluding hydrogens is 310 g/mol. The highest BCUT2D eigenvalue weighted by Gasteiger charge is 2.37. The molecule has 1 aliphatic carbocycles. The van der Waals surface area contributed by atoms with E-state index in [1.54, 1.807) is 0 Å². The molecule has 0 saturated heterocycles. The Hall–Kier alpha value is -2.81. The van der Waals surface area contributed by atoms with E-state index in [0.717, 1.165) is 35.5 Å². The number of aryl methyl sites for hydroxylation is 1. The van der Waals surface area contributed by atoms with Crippen molar-refractivity contribution in [2.75, 3.05) is 0 Å². The van der Waals surface area contributed by atoms with Crippen LogP contribution in [0, 0.1) is 0 Å². The number of rotatable bonds is 1. The Morgan fingerprint density at radius 3 is 2.72 bits per heavy atom. The average molecular weight is 329 g/mol. The second-order valence-corrected chi connectivity index (χ2v) is 6.90. The van der Waals surface area contributed by atoms with Gasteiger partial charge < -0.3 is 9.30 Å². The lowest BCUT2D eigenvalue weighted by Gasteiger charge is -2.32. The highest BCUT2D eigenvalue weighted by molar-refractivity contribution is 6.01. The molecule has 2 aliphatic rings. The van der Waals surface area contributed by atoms with Crippen LogP contribution in [0.3, 0.4) is 0 Å². The summed E-state index contributed by atoms with van der Waals surface area (Å²) >= 11 is 0. The second-order valence-electron chi connectivity index (χ2n) is 6.90. The number of carbonyl (C=O) groups excluding carboxylic acids is 1. The Balaban J connectivity index is 1.82. The number of allylic oxidation sites excluding steroid dienone is 2. The summed E-state index contributed by atoms with van der Waals surface area (Å²) in [6.45, 7) is 0. The van der Waals surface area contributed by atoms with Crippen LogP contribution < -0.4 is 4.74 Å². The van der Waals surface area contributed by atoms with Gasteiger partial charge in [-0.1, -0.05) is 36.4 Å². The van der Waals surface area contributed by atoms with E-state index in [0.29, 0.717) is 6.42 Å². The van der Waals surface area contributed by atoms with Crippen molar-refractivity contribution < 1.29 is 9.53 Å². The van der Waals surface area contributed by atoms with Gasteiger partial charge in [-0.3, -0.25) is 4.79 Å². The molecule has 0 fully saturated rings. The van der Waals surface area contributed by atoms with Crippen molar-refractivity contribution in [1.29, 1.82) is 0 Å². The summed E-state index contributed by atoms with van der Waals surface area (Å²) in [5, 5.41) is 1.21. The monoisotopic (exact) mass is 329 g/mol. The average Bonchev–Trinajstić information content (AvgIpc) is 2.97. The summed E-state index contributed by atoms with van der Waals surface area (Å²) in [7, 11) is 2.06. The molecule has 3 nitrogen and oxygen atoms in total. The maximum Gasteiger partial charge on any atom is 0.163 e. The van der Waals surface area contributed by atoms with Crippen LogP contribution in [-0.2, 0) is 11.8 Å². The minimum absolute atomic E-state index is 0.0427. The van der Waals surface area contributed by atoms with E-state index >= 15 is 0 Å². The molecule has 3 aromatic rings. The number of benzene rings is 2. The minimum atomic E-state index is -0.0427. The van der Waals surface area contributed by atoms with Gasteiger partial charge in [-0.05, 0) is 24.1 Å². The van der Waals surface area contributed by atoms with Crippen molar-refractivity contribution in [2.24, 2.45) is 7.05 Å². The van der Waals surface area contributed by atoms with E-state index in [9.17, 15) is 4.79 Å². The van der Waals surface area contributed by atoms with Crippen molar-refractivity contribution in [3.05, 3.63) is 77.2 Å². The Morgan fingerprint density at radius 2 is 1.80 bits per heavy atom. The van der Waals surface area contributed by atoms with Gasteiger partial charge in [0.2, 0.25) is 0 Å². The van der Waals surface area contributed by atoms with Gasteiger partial charge in [-0.2, -0.15) is 0 Å². The van der Waals surface area contributed by atoms with Crippen LogP contribution >= 0.6 is 0 Å². The number of hydrogen-bond acceptors (Lipinski definition) is 2. The number of hydrogen-bond donors (Lipinski definition) is 0. The smallest absolute Gasteiger partial charge is 0.163 e. The zero-order valence-corrected chi connectivity index (χ0v) is 14.2. The predicted molar refractivity (Wildman–Crippen MR) is 97.7 cm³/mol. The molecule has 25 heavy (non-hydrogen) atoms. The highest BCUT2D eigenvalue weighted by Crippen LogP contribution is 2.48. The second kappa shape index (κ2) is 5.35. The van der Waals surface area contributed by atoms with E-state index in [-0.39, 0.29) is 11.7 Å². The fraction of sp³-hybridized carbons (Fsp3) is 0.227. The number of ketones is 1. The van der Waals surface area contributed by atoms with Crippen molar-refractivity contribution in [3.63, 3.8) is 0 Å². The molecular formula is C22H19NO2. The quantitative estimate of drug-likeness (QED) is 0.647. The third-order valence-electron chi connectivity index (χ3n) is 5.40. The third kappa shape index (κ3) is 2.08. The van der Waals surface area contributed by atoms with Crippen molar-refractivity contribution in [3.8, 4) is 5.75 Å². The number of aromatic nitrogens is 1. The predicted octanol–water partition coefficient (Wildman–Crippen LogP) is 4.71. The number of fused-ring (bicyclic) bond motifs is 2. The van der Waals surface area contributed by atoms with Gasteiger partial charge in [0, 0.05) is 54.0 Å². The summed E-state index contributed by atoms with van der Waals surface area (Å²) in [5.74, 6) is 1.94. The molecule has 0 amide bonds. The SMILES string of the molecule is Cn1cc([C@H]2C3=C(CCCC3=O)Oc3ccccc32)c2ccccc21. The fourth-order valence-electron chi connectivity index (χ4n) is 4.29. The van der Waals surface area contributed by atoms with E-state index < -0.39 is 0 Å². The molecule has 0 bridgehead atoms. The largest absolute Gasteiger partial charge is 0.461 e. The maximum absolute atomic E-state index is 12.8. The minimum Gasteiger partial charge on any atom is -0.461 e. The third-order valence-corrected chi connectivity index (χ3v) is 5.40. The van der Waals surface area contributed by atoms with Crippen LogP contribution in [0.5, 0.6) is 5.75 Å². The molecule has 124 valence electrons. The molecule has 0 N–H and O–H groups in total. The van der Waals surface area contributed by atoms with Crippen LogP contribution in [0.1, 0.15) is 36.3 Å². The molecule has 2 aromatic carbocycles. The lowest BCUT2D eigenvalue weighted by molar-refractivity contribution is -0.116. The van der Waals surface area contributed by atoms with Crippen molar-refractivity contribution in [1.82, 2.24) is 4.57 Å². The number of carbonyl (C=O) groups is 1. The highest BCUT2D eigenvalue weighted by atomic mass is 16.5. The van der Waals surface area contributed by atoms with Gasteiger partial charge in [0.05, 0.1) is 0 Å². The lowest BCUT2D eigenvalue weighted by Crippen LogP contribution is -2.25. The Kier molecular flexibility index (Phi) is 3.11. The zero-order chi connectivity index (χ0) is 17.0. The summed E-state index contributed by atoms with van der Waals surface area (Å²) in [6, 6.07) is 16.5. The summed E-state index contributed by atoms with van der Waals surface area (Å²) in [6.07, 6.45) is 4.51. The van der Waals surface area contributed by atoms with Crippen molar-refractivity contribution >= 4 is 16.7 Å². The molecule has 1 atom stereocenters. The Morgan fingerprint density at radius 1 is 1.00 bits per heavy atom. The maximum atomic E-state index is 12.8. The van der Waals surface area contributed by atoms with Crippen LogP contribution in [0.25, 0.3) is 10.9 Å². The molecule has 1 aliphatic heterocycles. The van der Waals surface area contributed by atoms with Crippen LogP contribution in [0.4, 0.5) is 0 Å². The lowest BCUT2D eigenvalue weighted by atomic mass is 9.77. The van der Waals surface area contributed by atoms with Crippen LogP contribution in [-0.4, -0.2) is 10.4 Å². The molecule has 5 rings (SSSR count). The Bertz CT molecular complexity index is 1040. The molecule has 0 saturated carbocycles. The molecule has 3 heteroatoms. The zero-order valence-electron chi connectivity index (χ0n) is 14.2. The van der Waals surface area contributed by atoms with Crippen molar-refractivity contribution in [2.45, 2.75) is 25.2 Å². The number of para-hydroxylation sites is 2. The molecule has 0 radical (unpaired) electrons. The Labute approximate surface area is 146 Å². The van der Waals surface area contributed by atoms with Crippen LogP contribution in [0.2, 0.25) is 0 Å². The van der Waals surface area contributed by atoms with Gasteiger partial charge in [-0.25, -0.2) is 0 Å². The van der Waals surface area contributed by atoms with Gasteiger partial charge in [0.25, 0.3) is 0 Å². The molecule has 0 unspecified atom stereocenters. The van der Waals surface area contributed by atoms with E-state index in [1.165, 1.54) is 16.5 Å². The van der Waals surface area contributed by atoms with Gasteiger partial charge >= 0.3 is 0 Å². The van der Waals surface area contributed by atoms with E-state index in [4.69, 9.17) is 4.74 Å². The number of nitrogens with zero attached hydrogens (tertiary/aromatic N) is 1. The first-order chi connectivity index (χ1) is 12.2. The van der Waals surface area contributed by atoms with Gasteiger partial charge in [-0.15, -0.1) is 0 Å². The number of ether oxygens (including phenoxy) is 1. The standard InChI is InChI=1S/C22H19NO2/c1-23-13-16(14-7-2-4-9-17(14)23)21-15-8-3-5-11-19(15)25-20-12-6-10-18(24)22(20)21/h2-5,7-9,11,13,21H,6,10,12H2,1H3/t21-/m0/s1. The summed E-state index contributed by atoms with van der Waals surface area (Å²) in [4.78, 5) is 12.8. The summed E-state index contributed by atoms with van der Waals surface area (Å²) < 4.78 is 8.28. The van der Waals surface area contributed by atoms with Gasteiger partial charge in [0.15, 0.2) is 5.78 Å². The molecule has 2 heterocycles. The summed E-state index contributed by atoms with van der Waals surface area (Å²) in [5.41, 5.74) is 4.33.